The number of hydrogen-bond donors (Lipinski definition) is 0. The van der Waals surface area contributed by atoms with Crippen molar-refractivity contribution in [2.45, 2.75) is 11.8 Å². The van der Waals surface area contributed by atoms with Gasteiger partial charge in [0, 0.05) is 31.2 Å². The first-order chi connectivity index (χ1) is 16.6. The van der Waals surface area contributed by atoms with Crippen LogP contribution in [0.4, 0.5) is 4.39 Å². The van der Waals surface area contributed by atoms with Crippen molar-refractivity contribution in [2.24, 2.45) is 0 Å². The molecule has 4 rings (SSSR count). The van der Waals surface area contributed by atoms with Gasteiger partial charge in [0.05, 0.1) is 22.3 Å². The Kier molecular flexibility index (Phi) is 6.24. The van der Waals surface area contributed by atoms with Gasteiger partial charge in [-0.1, -0.05) is 29.8 Å². The number of hydrogen-bond acceptors (Lipinski definition) is 6. The van der Waals surface area contributed by atoms with Crippen LogP contribution in [0.15, 0.2) is 83.5 Å². The van der Waals surface area contributed by atoms with Crippen LogP contribution < -0.4 is 0 Å². The molecule has 0 N–H and O–H groups in total. The molecule has 0 saturated carbocycles. The predicted octanol–water partition coefficient (Wildman–Crippen LogP) is 4.54. The molecule has 0 radical (unpaired) electrons. The lowest BCUT2D eigenvalue weighted by molar-refractivity contribution is 0.103. The summed E-state index contributed by atoms with van der Waals surface area (Å²) in [6.07, 6.45) is 2.42. The van der Waals surface area contributed by atoms with Gasteiger partial charge in [-0.05, 0) is 43.3 Å². The van der Waals surface area contributed by atoms with Crippen molar-refractivity contribution < 1.29 is 17.6 Å². The SMILES string of the molecule is Cc1ccc(S(=O)(=O)n2c(C(=O)C(C#N)=CN(C)C)cc3ccc(-c4ccc(F)cn4)cc32)cc1. The number of aryl methyl sites for hydroxylation is 1. The van der Waals surface area contributed by atoms with E-state index in [1.54, 1.807) is 44.4 Å². The molecule has 0 saturated heterocycles. The fourth-order valence-electron chi connectivity index (χ4n) is 3.65. The van der Waals surface area contributed by atoms with E-state index in [-0.39, 0.29) is 21.7 Å². The molecular formula is C26H21FN4O3S. The molecule has 2 heterocycles. The summed E-state index contributed by atoms with van der Waals surface area (Å²) in [7, 11) is -0.910. The molecule has 176 valence electrons. The molecule has 0 aliphatic rings. The molecule has 0 fully saturated rings. The summed E-state index contributed by atoms with van der Waals surface area (Å²) >= 11 is 0. The van der Waals surface area contributed by atoms with Gasteiger partial charge >= 0.3 is 0 Å². The molecule has 0 bridgehead atoms. The van der Waals surface area contributed by atoms with Gasteiger partial charge in [0.25, 0.3) is 10.0 Å². The van der Waals surface area contributed by atoms with Gasteiger partial charge in [0.1, 0.15) is 23.2 Å². The monoisotopic (exact) mass is 488 g/mol. The van der Waals surface area contributed by atoms with Crippen LogP contribution in [0.5, 0.6) is 0 Å². The number of carbonyl (C=O) groups is 1. The van der Waals surface area contributed by atoms with Gasteiger partial charge in [0.15, 0.2) is 0 Å². The van der Waals surface area contributed by atoms with Crippen LogP contribution in [-0.4, -0.2) is 42.2 Å². The number of benzene rings is 2. The zero-order valence-corrected chi connectivity index (χ0v) is 20.0. The third-order valence-electron chi connectivity index (χ3n) is 5.33. The van der Waals surface area contributed by atoms with Crippen molar-refractivity contribution >= 4 is 26.7 Å². The van der Waals surface area contributed by atoms with Gasteiger partial charge in [0.2, 0.25) is 5.78 Å². The van der Waals surface area contributed by atoms with Gasteiger partial charge in [-0.2, -0.15) is 5.26 Å². The summed E-state index contributed by atoms with van der Waals surface area (Å²) in [5.74, 6) is -1.22. The van der Waals surface area contributed by atoms with Gasteiger partial charge in [-0.25, -0.2) is 16.8 Å². The number of rotatable bonds is 6. The Bertz CT molecular complexity index is 1610. The van der Waals surface area contributed by atoms with E-state index < -0.39 is 21.6 Å². The first kappa shape index (κ1) is 23.9. The lowest BCUT2D eigenvalue weighted by Crippen LogP contribution is -2.20. The number of carbonyl (C=O) groups excluding carboxylic acids is 1. The number of halogens is 1. The molecule has 7 nitrogen and oxygen atoms in total. The van der Waals surface area contributed by atoms with E-state index in [0.29, 0.717) is 16.6 Å². The standard InChI is InChI=1S/C26H21FN4O3S/c1-17-4-9-22(10-5-17)35(33,34)31-24-12-18(23-11-8-21(27)15-29-23)6-7-19(24)13-25(31)26(32)20(14-28)16-30(2)3/h4-13,15-16H,1-3H3. The highest BCUT2D eigenvalue weighted by Crippen LogP contribution is 2.31. The Morgan fingerprint density at radius 1 is 1.09 bits per heavy atom. The number of nitrogens with zero attached hydrogens (tertiary/aromatic N) is 4. The van der Waals surface area contributed by atoms with E-state index in [1.807, 2.05) is 13.0 Å². The molecule has 35 heavy (non-hydrogen) atoms. The Morgan fingerprint density at radius 2 is 1.80 bits per heavy atom. The highest BCUT2D eigenvalue weighted by Gasteiger charge is 2.28. The fourth-order valence-corrected chi connectivity index (χ4v) is 5.15. The smallest absolute Gasteiger partial charge is 0.268 e. The molecule has 0 atom stereocenters. The van der Waals surface area contributed by atoms with E-state index in [2.05, 4.69) is 4.98 Å². The number of pyridine rings is 1. The second-order valence-electron chi connectivity index (χ2n) is 8.19. The highest BCUT2D eigenvalue weighted by atomic mass is 32.2. The van der Waals surface area contributed by atoms with Gasteiger partial charge in [-0.3, -0.25) is 9.78 Å². The van der Waals surface area contributed by atoms with Crippen LogP contribution >= 0.6 is 0 Å². The second kappa shape index (κ2) is 9.16. The van der Waals surface area contributed by atoms with E-state index in [9.17, 15) is 22.9 Å². The first-order valence-electron chi connectivity index (χ1n) is 10.5. The van der Waals surface area contributed by atoms with Crippen molar-refractivity contribution in [3.05, 3.63) is 95.7 Å². The second-order valence-corrected chi connectivity index (χ2v) is 9.98. The van der Waals surface area contributed by atoms with Crippen LogP contribution in [0, 0.1) is 24.1 Å². The number of aromatic nitrogens is 2. The van der Waals surface area contributed by atoms with E-state index in [1.165, 1.54) is 41.4 Å². The average Bonchev–Trinajstić information content (AvgIpc) is 3.22. The number of nitriles is 1. The quantitative estimate of drug-likeness (QED) is 0.225. The van der Waals surface area contributed by atoms with Crippen LogP contribution in [0.1, 0.15) is 16.1 Å². The largest absolute Gasteiger partial charge is 0.382 e. The number of Topliss-reactive ketones (excluding diaryl/α,β-unsaturated/α-hetero) is 1. The maximum Gasteiger partial charge on any atom is 0.268 e. The minimum atomic E-state index is -4.23. The van der Waals surface area contributed by atoms with Crippen LogP contribution in [-0.2, 0) is 10.0 Å². The van der Waals surface area contributed by atoms with Crippen molar-refractivity contribution in [1.29, 1.82) is 5.26 Å². The van der Waals surface area contributed by atoms with E-state index in [0.717, 1.165) is 15.7 Å². The lowest BCUT2D eigenvalue weighted by atomic mass is 10.1. The van der Waals surface area contributed by atoms with Crippen molar-refractivity contribution in [3.8, 4) is 17.3 Å². The summed E-state index contributed by atoms with van der Waals surface area (Å²) in [6.45, 7) is 1.84. The zero-order chi connectivity index (χ0) is 25.3. The lowest BCUT2D eigenvalue weighted by Gasteiger charge is -2.13. The summed E-state index contributed by atoms with van der Waals surface area (Å²) in [5, 5.41) is 10.1. The Balaban J connectivity index is 2.02. The van der Waals surface area contributed by atoms with Gasteiger partial charge in [-0.15, -0.1) is 0 Å². The number of fused-ring (bicyclic) bond motifs is 1. The fraction of sp³-hybridized carbons (Fsp3) is 0.115. The summed E-state index contributed by atoms with van der Waals surface area (Å²) in [4.78, 5) is 19.0. The summed E-state index contributed by atoms with van der Waals surface area (Å²) in [6, 6.07) is 17.3. The molecule has 0 aliphatic carbocycles. The summed E-state index contributed by atoms with van der Waals surface area (Å²) < 4.78 is 41.9. The van der Waals surface area contributed by atoms with Crippen molar-refractivity contribution in [1.82, 2.24) is 13.9 Å². The maximum atomic E-state index is 13.8. The van der Waals surface area contributed by atoms with Crippen LogP contribution in [0.2, 0.25) is 0 Å². The minimum Gasteiger partial charge on any atom is -0.382 e. The zero-order valence-electron chi connectivity index (χ0n) is 19.2. The Hall–Kier alpha value is -4.29. The first-order valence-corrected chi connectivity index (χ1v) is 12.0. The Labute approximate surface area is 202 Å². The minimum absolute atomic E-state index is 0.00458. The van der Waals surface area contributed by atoms with Crippen molar-refractivity contribution in [2.75, 3.05) is 14.1 Å². The molecule has 2 aromatic heterocycles. The highest BCUT2D eigenvalue weighted by molar-refractivity contribution is 7.90. The van der Waals surface area contributed by atoms with Crippen LogP contribution in [0.3, 0.4) is 0 Å². The normalized spacial score (nSPS) is 11.9. The molecule has 2 aromatic carbocycles. The Morgan fingerprint density at radius 3 is 2.40 bits per heavy atom. The van der Waals surface area contributed by atoms with E-state index >= 15 is 0 Å². The molecule has 0 amide bonds. The van der Waals surface area contributed by atoms with Crippen molar-refractivity contribution in [3.63, 3.8) is 0 Å². The third-order valence-corrected chi connectivity index (χ3v) is 7.07. The molecule has 4 aromatic rings. The molecule has 0 spiro atoms. The molecular weight excluding hydrogens is 467 g/mol. The number of allylic oxidation sites excluding steroid dienone is 1. The van der Waals surface area contributed by atoms with Crippen LogP contribution in [0.25, 0.3) is 22.2 Å². The number of ketones is 1. The maximum absolute atomic E-state index is 13.8. The topological polar surface area (TPSA) is 96.1 Å². The average molecular weight is 489 g/mol. The molecule has 0 unspecified atom stereocenters. The predicted molar refractivity (Wildman–Crippen MR) is 131 cm³/mol. The molecule has 0 aliphatic heterocycles. The van der Waals surface area contributed by atoms with E-state index in [4.69, 9.17) is 0 Å². The van der Waals surface area contributed by atoms with Gasteiger partial charge < -0.3 is 4.90 Å². The summed E-state index contributed by atoms with van der Waals surface area (Å²) in [5.41, 5.74) is 1.71. The third kappa shape index (κ3) is 4.56. The molecule has 9 heteroatoms.